The number of fused-ring (bicyclic) bond motifs is 1. The van der Waals surface area contributed by atoms with Gasteiger partial charge in [-0.15, -0.1) is 11.3 Å². The summed E-state index contributed by atoms with van der Waals surface area (Å²) in [5.74, 6) is 0. The largest absolute Gasteiger partial charge is 0.311 e. The van der Waals surface area contributed by atoms with E-state index in [1.807, 2.05) is 11.3 Å². The van der Waals surface area contributed by atoms with Crippen molar-refractivity contribution in [2.45, 2.75) is 26.8 Å². The van der Waals surface area contributed by atoms with Crippen LogP contribution in [0, 0.1) is 13.8 Å². The Morgan fingerprint density at radius 3 is 2.94 bits per heavy atom. The van der Waals surface area contributed by atoms with Gasteiger partial charge in [-0.2, -0.15) is 0 Å². The lowest BCUT2D eigenvalue weighted by molar-refractivity contribution is 0.639. The zero-order chi connectivity index (χ0) is 11.8. The summed E-state index contributed by atoms with van der Waals surface area (Å²) in [5.41, 5.74) is 5.17. The van der Waals surface area contributed by atoms with Crippen LogP contribution in [0.4, 0.5) is 0 Å². The molecule has 3 rings (SSSR count). The van der Waals surface area contributed by atoms with Gasteiger partial charge in [0.15, 0.2) is 0 Å². The summed E-state index contributed by atoms with van der Waals surface area (Å²) in [4.78, 5) is 6.22. The SMILES string of the molecule is Cc1ccc(-c2nc3c(s2)CCNC3)c(C)c1. The highest BCUT2D eigenvalue weighted by Crippen LogP contribution is 2.31. The fourth-order valence-corrected chi connectivity index (χ4v) is 3.46. The van der Waals surface area contributed by atoms with E-state index in [9.17, 15) is 0 Å². The number of benzene rings is 1. The zero-order valence-corrected chi connectivity index (χ0v) is 11.0. The van der Waals surface area contributed by atoms with Crippen LogP contribution in [0.2, 0.25) is 0 Å². The fourth-order valence-electron chi connectivity index (χ4n) is 2.29. The molecule has 0 saturated heterocycles. The van der Waals surface area contributed by atoms with Gasteiger partial charge in [-0.25, -0.2) is 4.98 Å². The molecule has 0 radical (unpaired) electrons. The van der Waals surface area contributed by atoms with Crippen molar-refractivity contribution in [1.29, 1.82) is 0 Å². The van der Waals surface area contributed by atoms with Crippen molar-refractivity contribution in [2.24, 2.45) is 0 Å². The first-order valence-electron chi connectivity index (χ1n) is 6.01. The first kappa shape index (κ1) is 10.9. The molecule has 17 heavy (non-hydrogen) atoms. The Morgan fingerprint density at radius 1 is 1.29 bits per heavy atom. The Morgan fingerprint density at radius 2 is 2.18 bits per heavy atom. The average molecular weight is 244 g/mol. The van der Waals surface area contributed by atoms with Gasteiger partial charge in [0, 0.05) is 23.5 Å². The van der Waals surface area contributed by atoms with Crippen molar-refractivity contribution in [3.63, 3.8) is 0 Å². The van der Waals surface area contributed by atoms with Crippen LogP contribution in [0.3, 0.4) is 0 Å². The molecule has 3 heteroatoms. The van der Waals surface area contributed by atoms with Crippen LogP contribution in [0.1, 0.15) is 21.7 Å². The van der Waals surface area contributed by atoms with Gasteiger partial charge in [-0.05, 0) is 25.8 Å². The predicted octanol–water partition coefficient (Wildman–Crippen LogP) is 3.07. The lowest BCUT2D eigenvalue weighted by Crippen LogP contribution is -2.22. The van der Waals surface area contributed by atoms with E-state index in [1.165, 1.54) is 32.3 Å². The van der Waals surface area contributed by atoms with E-state index < -0.39 is 0 Å². The smallest absolute Gasteiger partial charge is 0.124 e. The summed E-state index contributed by atoms with van der Waals surface area (Å²) < 4.78 is 0. The molecular formula is C14H16N2S. The molecule has 1 aliphatic heterocycles. The van der Waals surface area contributed by atoms with Crippen LogP contribution in [-0.2, 0) is 13.0 Å². The molecule has 2 heterocycles. The third kappa shape index (κ3) is 2.01. The van der Waals surface area contributed by atoms with Crippen LogP contribution < -0.4 is 5.32 Å². The lowest BCUT2D eigenvalue weighted by Gasteiger charge is -2.09. The summed E-state index contributed by atoms with van der Waals surface area (Å²) in [6.45, 7) is 6.31. The van der Waals surface area contributed by atoms with Gasteiger partial charge in [-0.3, -0.25) is 0 Å². The number of thiazole rings is 1. The quantitative estimate of drug-likeness (QED) is 0.834. The molecule has 0 amide bonds. The highest BCUT2D eigenvalue weighted by Gasteiger charge is 2.16. The summed E-state index contributed by atoms with van der Waals surface area (Å²) in [5, 5.41) is 4.55. The van der Waals surface area contributed by atoms with Gasteiger partial charge in [0.25, 0.3) is 0 Å². The van der Waals surface area contributed by atoms with E-state index in [1.54, 1.807) is 0 Å². The van der Waals surface area contributed by atoms with Crippen LogP contribution >= 0.6 is 11.3 Å². The minimum atomic E-state index is 0.927. The van der Waals surface area contributed by atoms with Crippen molar-refractivity contribution in [2.75, 3.05) is 6.54 Å². The van der Waals surface area contributed by atoms with Crippen LogP contribution in [0.15, 0.2) is 18.2 Å². The minimum Gasteiger partial charge on any atom is -0.311 e. The van der Waals surface area contributed by atoms with Crippen LogP contribution in [0.25, 0.3) is 10.6 Å². The van der Waals surface area contributed by atoms with Crippen LogP contribution in [-0.4, -0.2) is 11.5 Å². The lowest BCUT2D eigenvalue weighted by atomic mass is 10.1. The summed E-state index contributed by atoms with van der Waals surface area (Å²) >= 11 is 1.86. The van der Waals surface area contributed by atoms with Crippen molar-refractivity contribution >= 4 is 11.3 Å². The maximum absolute atomic E-state index is 4.77. The number of hydrogen-bond donors (Lipinski definition) is 1. The second kappa shape index (κ2) is 4.24. The van der Waals surface area contributed by atoms with Crippen molar-refractivity contribution < 1.29 is 0 Å². The average Bonchev–Trinajstić information content (AvgIpc) is 2.72. The van der Waals surface area contributed by atoms with Gasteiger partial charge in [0.1, 0.15) is 5.01 Å². The molecule has 1 N–H and O–H groups in total. The maximum atomic E-state index is 4.77. The molecule has 1 aromatic carbocycles. The van der Waals surface area contributed by atoms with E-state index in [-0.39, 0.29) is 0 Å². The van der Waals surface area contributed by atoms with Gasteiger partial charge >= 0.3 is 0 Å². The summed E-state index contributed by atoms with van der Waals surface area (Å²) in [7, 11) is 0. The number of nitrogens with zero attached hydrogens (tertiary/aromatic N) is 1. The van der Waals surface area contributed by atoms with E-state index in [0.29, 0.717) is 0 Å². The first-order chi connectivity index (χ1) is 8.24. The van der Waals surface area contributed by atoms with Crippen molar-refractivity contribution in [1.82, 2.24) is 10.3 Å². The molecule has 1 aliphatic rings. The number of aryl methyl sites for hydroxylation is 2. The fraction of sp³-hybridized carbons (Fsp3) is 0.357. The number of hydrogen-bond acceptors (Lipinski definition) is 3. The van der Waals surface area contributed by atoms with Gasteiger partial charge in [0.2, 0.25) is 0 Å². The molecule has 0 bridgehead atoms. The molecule has 0 saturated carbocycles. The molecule has 0 spiro atoms. The van der Waals surface area contributed by atoms with E-state index in [0.717, 1.165) is 19.5 Å². The highest BCUT2D eigenvalue weighted by atomic mass is 32.1. The summed E-state index contributed by atoms with van der Waals surface area (Å²) in [6, 6.07) is 6.59. The summed E-state index contributed by atoms with van der Waals surface area (Å²) in [6.07, 6.45) is 1.12. The Hall–Kier alpha value is -1.19. The molecule has 0 fully saturated rings. The Bertz CT molecular complexity index is 534. The molecule has 0 unspecified atom stereocenters. The highest BCUT2D eigenvalue weighted by molar-refractivity contribution is 7.15. The third-order valence-corrected chi connectivity index (χ3v) is 4.40. The monoisotopic (exact) mass is 244 g/mol. The normalized spacial score (nSPS) is 14.7. The number of aromatic nitrogens is 1. The van der Waals surface area contributed by atoms with Crippen molar-refractivity contribution in [3.8, 4) is 10.6 Å². The van der Waals surface area contributed by atoms with Gasteiger partial charge < -0.3 is 5.32 Å². The molecule has 0 atom stereocenters. The standard InChI is InChI=1S/C14H16N2S/c1-9-3-4-11(10(2)7-9)14-16-12-8-15-6-5-13(12)17-14/h3-4,7,15H,5-6,8H2,1-2H3. The Balaban J connectivity index is 2.06. The van der Waals surface area contributed by atoms with Gasteiger partial charge in [-0.1, -0.05) is 23.8 Å². The second-order valence-corrected chi connectivity index (χ2v) is 5.72. The molecule has 0 aliphatic carbocycles. The molecular weight excluding hydrogens is 228 g/mol. The number of nitrogens with one attached hydrogen (secondary N) is 1. The molecule has 1 aromatic heterocycles. The topological polar surface area (TPSA) is 24.9 Å². The predicted molar refractivity (Wildman–Crippen MR) is 72.4 cm³/mol. The van der Waals surface area contributed by atoms with Gasteiger partial charge in [0.05, 0.1) is 5.69 Å². The second-order valence-electron chi connectivity index (χ2n) is 4.63. The van der Waals surface area contributed by atoms with Crippen molar-refractivity contribution in [3.05, 3.63) is 39.9 Å². The van der Waals surface area contributed by atoms with E-state index in [2.05, 4.69) is 37.4 Å². The van der Waals surface area contributed by atoms with Crippen LogP contribution in [0.5, 0.6) is 0 Å². The third-order valence-electron chi connectivity index (χ3n) is 3.21. The Kier molecular flexibility index (Phi) is 2.73. The van der Waals surface area contributed by atoms with E-state index in [4.69, 9.17) is 4.98 Å². The molecule has 2 aromatic rings. The molecule has 2 nitrogen and oxygen atoms in total. The number of rotatable bonds is 1. The minimum absolute atomic E-state index is 0.927. The maximum Gasteiger partial charge on any atom is 0.124 e. The first-order valence-corrected chi connectivity index (χ1v) is 6.82. The van der Waals surface area contributed by atoms with E-state index >= 15 is 0 Å². The zero-order valence-electron chi connectivity index (χ0n) is 10.2. The Labute approximate surface area is 106 Å². The molecule has 88 valence electrons.